The number of aromatic nitrogens is 3. The van der Waals surface area contributed by atoms with E-state index in [1.165, 1.54) is 11.6 Å². The largest absolute Gasteiger partial charge is 0.416 e. The Bertz CT molecular complexity index is 1120. The number of nitrogens with zero attached hydrogens (tertiary/aromatic N) is 3. The molecule has 1 aliphatic heterocycles. The second kappa shape index (κ2) is 10.2. The van der Waals surface area contributed by atoms with E-state index in [0.717, 1.165) is 61.5 Å². The molecule has 4 rings (SSSR count). The number of alkyl halides is 4. The third-order valence-electron chi connectivity index (χ3n) is 6.45. The average molecular weight is 475 g/mol. The summed E-state index contributed by atoms with van der Waals surface area (Å²) in [6.45, 7) is 3.06. The summed E-state index contributed by atoms with van der Waals surface area (Å²) in [4.78, 5) is 4.76. The number of hydrogen-bond donors (Lipinski definition) is 1. The number of aryl methyl sites for hydroxylation is 3. The summed E-state index contributed by atoms with van der Waals surface area (Å²) in [6, 6.07) is 5.81. The van der Waals surface area contributed by atoms with Gasteiger partial charge in [-0.05, 0) is 74.8 Å². The van der Waals surface area contributed by atoms with Crippen LogP contribution in [-0.4, -0.2) is 27.6 Å². The van der Waals surface area contributed by atoms with E-state index in [1.807, 2.05) is 10.7 Å². The van der Waals surface area contributed by atoms with E-state index >= 15 is 0 Å². The Morgan fingerprint density at radius 3 is 2.76 bits per heavy atom. The Balaban J connectivity index is 1.70. The van der Waals surface area contributed by atoms with Crippen LogP contribution in [0.25, 0.3) is 5.57 Å². The van der Waals surface area contributed by atoms with Crippen molar-refractivity contribution in [1.29, 1.82) is 0 Å². The lowest BCUT2D eigenvalue weighted by Gasteiger charge is -2.25. The molecule has 1 unspecified atom stereocenters. The molecule has 0 spiro atoms. The van der Waals surface area contributed by atoms with Gasteiger partial charge >= 0.3 is 6.18 Å². The van der Waals surface area contributed by atoms with Crippen molar-refractivity contribution in [3.05, 3.63) is 70.2 Å². The monoisotopic (exact) mass is 474 g/mol. The van der Waals surface area contributed by atoms with Crippen molar-refractivity contribution >= 4 is 11.4 Å². The fraction of sp³-hybridized carbons (Fsp3) is 0.462. The van der Waals surface area contributed by atoms with Gasteiger partial charge in [-0.1, -0.05) is 25.1 Å². The minimum absolute atomic E-state index is 0.0732. The third-order valence-corrected chi connectivity index (χ3v) is 6.45. The average Bonchev–Trinajstić information content (AvgIpc) is 3.45. The molecule has 1 atom stereocenters. The first kappa shape index (κ1) is 24.2. The van der Waals surface area contributed by atoms with Gasteiger partial charge in [-0.25, -0.2) is 9.37 Å². The summed E-state index contributed by atoms with van der Waals surface area (Å²) in [7, 11) is 0. The number of fused-ring (bicyclic) bond motifs is 2. The fourth-order valence-corrected chi connectivity index (χ4v) is 4.71. The van der Waals surface area contributed by atoms with Crippen molar-refractivity contribution in [3.63, 3.8) is 0 Å². The van der Waals surface area contributed by atoms with E-state index in [-0.39, 0.29) is 23.6 Å². The zero-order valence-corrected chi connectivity index (χ0v) is 19.6. The quantitative estimate of drug-likeness (QED) is 0.350. The summed E-state index contributed by atoms with van der Waals surface area (Å²) in [6.07, 6.45) is 4.23. The van der Waals surface area contributed by atoms with E-state index in [1.54, 1.807) is 19.9 Å². The predicted molar refractivity (Wildman–Crippen MR) is 126 cm³/mol. The molecule has 0 saturated carbocycles. The lowest BCUT2D eigenvalue weighted by molar-refractivity contribution is -0.0883. The van der Waals surface area contributed by atoms with Gasteiger partial charge in [0.05, 0.1) is 23.0 Å². The van der Waals surface area contributed by atoms with E-state index in [9.17, 15) is 17.6 Å². The maximum absolute atomic E-state index is 13.8. The van der Waals surface area contributed by atoms with Gasteiger partial charge in [-0.2, -0.15) is 18.3 Å². The molecule has 182 valence electrons. The summed E-state index contributed by atoms with van der Waals surface area (Å²) in [5.41, 5.74) is 3.20. The Morgan fingerprint density at radius 1 is 1.24 bits per heavy atom. The van der Waals surface area contributed by atoms with Crippen LogP contribution in [0.15, 0.2) is 47.6 Å². The number of allylic oxidation sites excluding steroid dienone is 6. The van der Waals surface area contributed by atoms with Gasteiger partial charge in [0.1, 0.15) is 12.5 Å². The van der Waals surface area contributed by atoms with Crippen LogP contribution in [0.4, 0.5) is 23.4 Å². The molecular weight excluding hydrogens is 444 g/mol. The minimum atomic E-state index is -4.53. The van der Waals surface area contributed by atoms with E-state index < -0.39 is 18.4 Å². The van der Waals surface area contributed by atoms with Crippen molar-refractivity contribution in [1.82, 2.24) is 14.8 Å². The van der Waals surface area contributed by atoms with Crippen molar-refractivity contribution in [2.24, 2.45) is 0 Å². The summed E-state index contributed by atoms with van der Waals surface area (Å²) in [5, 5.41) is 8.09. The van der Waals surface area contributed by atoms with Crippen LogP contribution < -0.4 is 5.32 Å². The van der Waals surface area contributed by atoms with Gasteiger partial charge in [-0.15, -0.1) is 0 Å². The molecule has 1 N–H and O–H groups in total. The molecular formula is C26H30F4N4. The molecule has 0 aromatic carbocycles. The topological polar surface area (TPSA) is 42.7 Å². The first-order chi connectivity index (χ1) is 16.3. The lowest BCUT2D eigenvalue weighted by atomic mass is 9.98. The number of hydrogen-bond acceptors (Lipinski definition) is 3. The van der Waals surface area contributed by atoms with Crippen LogP contribution in [0.5, 0.6) is 0 Å². The second-order valence-electron chi connectivity index (χ2n) is 8.74. The molecule has 3 heterocycles. The molecule has 0 bridgehead atoms. The van der Waals surface area contributed by atoms with Crippen molar-refractivity contribution in [2.45, 2.75) is 71.1 Å². The number of rotatable bonds is 7. The lowest BCUT2D eigenvalue weighted by Crippen LogP contribution is -2.22. The van der Waals surface area contributed by atoms with Crippen LogP contribution in [-0.2, 0) is 19.4 Å². The predicted octanol–water partition coefficient (Wildman–Crippen LogP) is 6.91. The van der Waals surface area contributed by atoms with Gasteiger partial charge in [-0.3, -0.25) is 4.68 Å². The molecule has 4 nitrogen and oxygen atoms in total. The molecule has 0 fully saturated rings. The van der Waals surface area contributed by atoms with Crippen molar-refractivity contribution < 1.29 is 17.6 Å². The van der Waals surface area contributed by atoms with Crippen molar-refractivity contribution in [2.75, 3.05) is 12.0 Å². The second-order valence-corrected chi connectivity index (χ2v) is 8.74. The molecule has 2 aromatic rings. The molecule has 1 aliphatic carbocycles. The Kier molecular flexibility index (Phi) is 7.24. The number of halogens is 4. The van der Waals surface area contributed by atoms with Gasteiger partial charge in [0.2, 0.25) is 0 Å². The van der Waals surface area contributed by atoms with E-state index in [4.69, 9.17) is 4.98 Å². The zero-order valence-electron chi connectivity index (χ0n) is 19.6. The van der Waals surface area contributed by atoms with Gasteiger partial charge < -0.3 is 5.32 Å². The maximum atomic E-state index is 13.8. The normalized spacial score (nSPS) is 19.2. The fourth-order valence-electron chi connectivity index (χ4n) is 4.71. The molecule has 8 heteroatoms. The number of nitrogens with one attached hydrogen (secondary N) is 1. The molecule has 34 heavy (non-hydrogen) atoms. The summed E-state index contributed by atoms with van der Waals surface area (Å²) in [5.74, 6) is 0.792. The molecule has 2 aromatic heterocycles. The van der Waals surface area contributed by atoms with Crippen LogP contribution in [0.3, 0.4) is 0 Å². The van der Waals surface area contributed by atoms with Gasteiger partial charge in [0.15, 0.2) is 0 Å². The minimum Gasteiger partial charge on any atom is -0.362 e. The standard InChI is InChI=1S/C26H30F4N4/c1-3-7-19(26(28,29)30)14-20(17(4-2)16-27)23-15-24-22(10-6-13-34(24)33-23)32-25-12-11-18-8-5-9-21(18)31-25/h4,7,11-12,14-15,22H,3,5-6,8-10,13,16H2,1-2H3,(H,31,32)/b17-4-,19-7-,20-14+. The highest BCUT2D eigenvalue weighted by molar-refractivity contribution is 5.79. The smallest absolute Gasteiger partial charge is 0.362 e. The number of anilines is 1. The van der Waals surface area contributed by atoms with E-state index in [0.29, 0.717) is 12.2 Å². The first-order valence-corrected chi connectivity index (χ1v) is 11.9. The van der Waals surface area contributed by atoms with Gasteiger partial charge in [0.25, 0.3) is 0 Å². The van der Waals surface area contributed by atoms with Crippen LogP contribution in [0.2, 0.25) is 0 Å². The molecule has 2 aliphatic rings. The molecule has 0 radical (unpaired) electrons. The summed E-state index contributed by atoms with van der Waals surface area (Å²) >= 11 is 0. The first-order valence-electron chi connectivity index (χ1n) is 11.9. The molecule has 0 saturated heterocycles. The highest BCUT2D eigenvalue weighted by Gasteiger charge is 2.33. The maximum Gasteiger partial charge on any atom is 0.416 e. The Morgan fingerprint density at radius 2 is 2.06 bits per heavy atom. The van der Waals surface area contributed by atoms with Crippen LogP contribution in [0, 0.1) is 0 Å². The van der Waals surface area contributed by atoms with Crippen LogP contribution in [0.1, 0.15) is 68.2 Å². The summed E-state index contributed by atoms with van der Waals surface area (Å²) < 4.78 is 56.5. The Hall–Kier alpha value is -2.90. The zero-order chi connectivity index (χ0) is 24.3. The third kappa shape index (κ3) is 5.10. The van der Waals surface area contributed by atoms with E-state index in [2.05, 4.69) is 16.5 Å². The van der Waals surface area contributed by atoms with Crippen LogP contribution >= 0.6 is 0 Å². The highest BCUT2D eigenvalue weighted by atomic mass is 19.4. The highest BCUT2D eigenvalue weighted by Crippen LogP contribution is 2.35. The van der Waals surface area contributed by atoms with Gasteiger partial charge in [0, 0.05) is 17.8 Å². The molecule has 0 amide bonds. The SMILES string of the molecule is C\C=C(CF)/C(=C\C(=C\CC)C(F)(F)F)c1cc2n(n1)CCCC2Nc1ccc2c(n1)CCC2. The Labute approximate surface area is 197 Å². The number of pyridine rings is 1. The van der Waals surface area contributed by atoms with Crippen molar-refractivity contribution in [3.8, 4) is 0 Å².